The molecular formula is C27H37Cl2N3O5S. The van der Waals surface area contributed by atoms with E-state index < -0.39 is 16.1 Å². The maximum absolute atomic E-state index is 13.5. The van der Waals surface area contributed by atoms with Crippen molar-refractivity contribution in [1.29, 1.82) is 0 Å². The summed E-state index contributed by atoms with van der Waals surface area (Å²) in [5.74, 6) is 0.137. The summed E-state index contributed by atoms with van der Waals surface area (Å²) in [6.07, 6.45) is 2.62. The van der Waals surface area contributed by atoms with Gasteiger partial charge in [0.1, 0.15) is 11.8 Å². The van der Waals surface area contributed by atoms with E-state index in [-0.39, 0.29) is 37.7 Å². The van der Waals surface area contributed by atoms with Crippen molar-refractivity contribution in [1.82, 2.24) is 10.2 Å². The van der Waals surface area contributed by atoms with Gasteiger partial charge in [-0.2, -0.15) is 0 Å². The summed E-state index contributed by atoms with van der Waals surface area (Å²) < 4.78 is 31.8. The summed E-state index contributed by atoms with van der Waals surface area (Å²) >= 11 is 12.4. The number of benzene rings is 2. The van der Waals surface area contributed by atoms with Gasteiger partial charge in [0.05, 0.1) is 18.6 Å². The summed E-state index contributed by atoms with van der Waals surface area (Å²) in [6, 6.07) is 11.1. The summed E-state index contributed by atoms with van der Waals surface area (Å²) in [4.78, 5) is 27.9. The Balaban J connectivity index is 2.22. The molecule has 8 nitrogen and oxygen atoms in total. The van der Waals surface area contributed by atoms with Gasteiger partial charge in [-0.3, -0.25) is 13.9 Å². The zero-order valence-electron chi connectivity index (χ0n) is 22.4. The molecule has 0 radical (unpaired) electrons. The standard InChI is InChI=1S/C27H37Cl2N3O5S/c1-5-16-30-27(34)25(6-2)31(19-20-10-11-21(28)18-24(20)29)26(33)9-8-17-32(38(4,35)36)22-12-14-23(15-13-22)37-7-3/h10-15,18,25H,5-9,16-17,19H2,1-4H3,(H,30,34). The first kappa shape index (κ1) is 31.7. The van der Waals surface area contributed by atoms with Gasteiger partial charge in [0.2, 0.25) is 21.8 Å². The second-order valence-corrected chi connectivity index (χ2v) is 11.6. The third-order valence-electron chi connectivity index (χ3n) is 5.88. The van der Waals surface area contributed by atoms with Crippen LogP contribution in [0.1, 0.15) is 52.0 Å². The first-order valence-electron chi connectivity index (χ1n) is 12.7. The van der Waals surface area contributed by atoms with Crippen LogP contribution in [-0.4, -0.2) is 57.1 Å². The van der Waals surface area contributed by atoms with Crippen LogP contribution < -0.4 is 14.4 Å². The number of rotatable bonds is 15. The Hall–Kier alpha value is -2.49. The van der Waals surface area contributed by atoms with Gasteiger partial charge in [0.25, 0.3) is 0 Å². The monoisotopic (exact) mass is 585 g/mol. The van der Waals surface area contributed by atoms with Crippen molar-refractivity contribution in [3.8, 4) is 5.75 Å². The van der Waals surface area contributed by atoms with Crippen LogP contribution in [0.3, 0.4) is 0 Å². The van der Waals surface area contributed by atoms with Gasteiger partial charge in [0.15, 0.2) is 0 Å². The number of amides is 2. The number of hydrogen-bond acceptors (Lipinski definition) is 5. The molecule has 0 aromatic heterocycles. The van der Waals surface area contributed by atoms with Crippen LogP contribution in [-0.2, 0) is 26.2 Å². The molecule has 0 saturated carbocycles. The molecule has 0 aliphatic rings. The van der Waals surface area contributed by atoms with Crippen LogP contribution in [0.4, 0.5) is 5.69 Å². The number of hydrogen-bond donors (Lipinski definition) is 1. The molecule has 0 aliphatic carbocycles. The molecule has 11 heteroatoms. The molecule has 1 unspecified atom stereocenters. The minimum absolute atomic E-state index is 0.0474. The summed E-state index contributed by atoms with van der Waals surface area (Å²) in [6.45, 7) is 6.91. The Morgan fingerprint density at radius 3 is 2.29 bits per heavy atom. The van der Waals surface area contributed by atoms with Crippen LogP contribution in [0.2, 0.25) is 10.0 Å². The zero-order valence-corrected chi connectivity index (χ0v) is 24.7. The van der Waals surface area contributed by atoms with Crippen LogP contribution >= 0.6 is 23.2 Å². The molecule has 210 valence electrons. The first-order chi connectivity index (χ1) is 18.0. The van der Waals surface area contributed by atoms with E-state index in [2.05, 4.69) is 5.32 Å². The van der Waals surface area contributed by atoms with Crippen molar-refractivity contribution in [2.24, 2.45) is 0 Å². The minimum Gasteiger partial charge on any atom is -0.494 e. The normalized spacial score (nSPS) is 12.1. The molecule has 2 amide bonds. The van der Waals surface area contributed by atoms with Crippen molar-refractivity contribution in [3.05, 3.63) is 58.1 Å². The van der Waals surface area contributed by atoms with Gasteiger partial charge in [0, 0.05) is 36.1 Å². The average Bonchev–Trinajstić information content (AvgIpc) is 2.86. The van der Waals surface area contributed by atoms with Crippen molar-refractivity contribution < 1.29 is 22.7 Å². The number of ether oxygens (including phenoxy) is 1. The third-order valence-corrected chi connectivity index (χ3v) is 7.66. The van der Waals surface area contributed by atoms with Gasteiger partial charge in [-0.1, -0.05) is 43.1 Å². The first-order valence-corrected chi connectivity index (χ1v) is 15.3. The zero-order chi connectivity index (χ0) is 28.3. The van der Waals surface area contributed by atoms with E-state index in [1.165, 1.54) is 9.21 Å². The quantitative estimate of drug-likeness (QED) is 0.307. The van der Waals surface area contributed by atoms with E-state index in [9.17, 15) is 18.0 Å². The van der Waals surface area contributed by atoms with Crippen molar-refractivity contribution in [2.45, 2.75) is 59.0 Å². The lowest BCUT2D eigenvalue weighted by atomic mass is 10.1. The second kappa shape index (κ2) is 15.2. The molecular weight excluding hydrogens is 549 g/mol. The van der Waals surface area contributed by atoms with Gasteiger partial charge >= 0.3 is 0 Å². The number of carbonyl (C=O) groups is 2. The highest BCUT2D eigenvalue weighted by Gasteiger charge is 2.29. The fourth-order valence-corrected chi connectivity index (χ4v) is 5.43. The summed E-state index contributed by atoms with van der Waals surface area (Å²) in [7, 11) is -3.59. The predicted molar refractivity (Wildman–Crippen MR) is 153 cm³/mol. The molecule has 0 aliphatic heterocycles. The van der Waals surface area contributed by atoms with E-state index in [1.807, 2.05) is 20.8 Å². The van der Waals surface area contributed by atoms with Crippen molar-refractivity contribution in [3.63, 3.8) is 0 Å². The molecule has 0 spiro atoms. The topological polar surface area (TPSA) is 96.0 Å². The van der Waals surface area contributed by atoms with Crippen LogP contribution in [0.25, 0.3) is 0 Å². The number of anilines is 1. The van der Waals surface area contributed by atoms with E-state index >= 15 is 0 Å². The highest BCUT2D eigenvalue weighted by atomic mass is 35.5. The molecule has 2 aromatic rings. The van der Waals surface area contributed by atoms with Gasteiger partial charge in [-0.15, -0.1) is 0 Å². The average molecular weight is 587 g/mol. The molecule has 0 saturated heterocycles. The molecule has 1 N–H and O–H groups in total. The lowest BCUT2D eigenvalue weighted by molar-refractivity contribution is -0.141. The minimum atomic E-state index is -3.59. The van der Waals surface area contributed by atoms with E-state index in [1.54, 1.807) is 42.5 Å². The fraction of sp³-hybridized carbons (Fsp3) is 0.481. The molecule has 0 fully saturated rings. The molecule has 0 bridgehead atoms. The predicted octanol–water partition coefficient (Wildman–Crippen LogP) is 5.27. The smallest absolute Gasteiger partial charge is 0.242 e. The van der Waals surface area contributed by atoms with Crippen molar-refractivity contribution >= 4 is 50.7 Å². The third kappa shape index (κ3) is 9.36. The lowest BCUT2D eigenvalue weighted by Crippen LogP contribution is -2.49. The van der Waals surface area contributed by atoms with E-state index in [0.29, 0.717) is 46.6 Å². The number of nitrogens with zero attached hydrogens (tertiary/aromatic N) is 2. The van der Waals surface area contributed by atoms with E-state index in [0.717, 1.165) is 12.7 Å². The number of nitrogens with one attached hydrogen (secondary N) is 1. The van der Waals surface area contributed by atoms with Gasteiger partial charge in [-0.05, 0) is 68.1 Å². The Kier molecular flexibility index (Phi) is 12.7. The van der Waals surface area contributed by atoms with Gasteiger partial charge < -0.3 is 15.0 Å². The highest BCUT2D eigenvalue weighted by molar-refractivity contribution is 7.92. The Labute approximate surface area is 236 Å². The Morgan fingerprint density at radius 2 is 1.74 bits per heavy atom. The van der Waals surface area contributed by atoms with Crippen LogP contribution in [0.5, 0.6) is 5.75 Å². The summed E-state index contributed by atoms with van der Waals surface area (Å²) in [5, 5.41) is 3.75. The van der Waals surface area contributed by atoms with E-state index in [4.69, 9.17) is 27.9 Å². The summed E-state index contributed by atoms with van der Waals surface area (Å²) in [5.41, 5.74) is 1.15. The molecule has 38 heavy (non-hydrogen) atoms. The molecule has 1 atom stereocenters. The molecule has 2 aromatic carbocycles. The SMILES string of the molecule is CCCNC(=O)C(CC)N(Cc1ccc(Cl)cc1Cl)C(=O)CCCN(c1ccc(OCC)cc1)S(C)(=O)=O. The highest BCUT2D eigenvalue weighted by Crippen LogP contribution is 2.25. The lowest BCUT2D eigenvalue weighted by Gasteiger charge is -2.31. The van der Waals surface area contributed by atoms with Gasteiger partial charge in [-0.25, -0.2) is 8.42 Å². The Bertz CT molecular complexity index is 1180. The second-order valence-electron chi connectivity index (χ2n) is 8.84. The Morgan fingerprint density at radius 1 is 1.05 bits per heavy atom. The number of sulfonamides is 1. The largest absolute Gasteiger partial charge is 0.494 e. The van der Waals surface area contributed by atoms with Crippen LogP contribution in [0, 0.1) is 0 Å². The number of halogens is 2. The molecule has 0 heterocycles. The number of carbonyl (C=O) groups excluding carboxylic acids is 2. The molecule has 2 rings (SSSR count). The maximum atomic E-state index is 13.5. The maximum Gasteiger partial charge on any atom is 0.242 e. The van der Waals surface area contributed by atoms with Crippen LogP contribution in [0.15, 0.2) is 42.5 Å². The fourth-order valence-electron chi connectivity index (χ4n) is 4.00. The van der Waals surface area contributed by atoms with Crippen molar-refractivity contribution in [2.75, 3.05) is 30.3 Å².